The maximum absolute atomic E-state index is 12.6. The van der Waals surface area contributed by atoms with E-state index in [1.54, 1.807) is 42.5 Å². The number of carbonyl (C=O) groups is 1. The minimum atomic E-state index is -3.80. The number of hydrogen-bond donors (Lipinski definition) is 2. The monoisotopic (exact) mass is 411 g/mol. The largest absolute Gasteiger partial charge is 0.494 e. The second kappa shape index (κ2) is 8.74. The van der Waals surface area contributed by atoms with Crippen LogP contribution in [0.1, 0.15) is 23.0 Å². The Morgan fingerprint density at radius 3 is 2.45 bits per heavy atom. The number of amides is 1. The minimum Gasteiger partial charge on any atom is -0.494 e. The number of carbonyl (C=O) groups excluding carboxylic acids is 1. The fourth-order valence-electron chi connectivity index (χ4n) is 2.62. The van der Waals surface area contributed by atoms with E-state index in [-0.39, 0.29) is 16.5 Å². The van der Waals surface area contributed by atoms with E-state index >= 15 is 0 Å². The standard InChI is InChI=1S/C21H21N3O4S/c1-3-28-18-10-12-19(13-11-18)29(26,27)24-17-8-5-7-16(14-17)21(25)23-20-9-4-6-15(2)22-20/h4-14,24H,3H2,1-2H3,(H,22,23,25). The first-order chi connectivity index (χ1) is 13.9. The second-order valence-corrected chi connectivity index (χ2v) is 7.89. The van der Waals surface area contributed by atoms with Crippen molar-refractivity contribution < 1.29 is 17.9 Å². The Bertz CT molecular complexity index is 1110. The van der Waals surface area contributed by atoms with Crippen molar-refractivity contribution in [1.82, 2.24) is 4.98 Å². The summed E-state index contributed by atoms with van der Waals surface area (Å²) in [6, 6.07) is 17.7. The van der Waals surface area contributed by atoms with E-state index in [9.17, 15) is 13.2 Å². The molecule has 0 aliphatic carbocycles. The molecule has 8 heteroatoms. The van der Waals surface area contributed by atoms with Gasteiger partial charge in [0.25, 0.3) is 15.9 Å². The number of benzene rings is 2. The number of aromatic nitrogens is 1. The molecule has 0 unspecified atom stereocenters. The molecule has 0 spiro atoms. The molecule has 0 aliphatic heterocycles. The number of aryl methyl sites for hydroxylation is 1. The summed E-state index contributed by atoms with van der Waals surface area (Å²) >= 11 is 0. The molecular formula is C21H21N3O4S. The normalized spacial score (nSPS) is 11.0. The SMILES string of the molecule is CCOc1ccc(S(=O)(=O)Nc2cccc(C(=O)Nc3cccc(C)n3)c2)cc1. The smallest absolute Gasteiger partial charge is 0.261 e. The van der Waals surface area contributed by atoms with E-state index in [0.717, 1.165) is 5.69 Å². The van der Waals surface area contributed by atoms with Crippen LogP contribution in [0.5, 0.6) is 5.75 Å². The highest BCUT2D eigenvalue weighted by atomic mass is 32.2. The number of anilines is 2. The Balaban J connectivity index is 1.75. The Morgan fingerprint density at radius 2 is 1.76 bits per heavy atom. The Kier molecular flexibility index (Phi) is 6.13. The quantitative estimate of drug-likeness (QED) is 0.616. The van der Waals surface area contributed by atoms with E-state index < -0.39 is 10.0 Å². The van der Waals surface area contributed by atoms with Gasteiger partial charge in [0.2, 0.25) is 0 Å². The van der Waals surface area contributed by atoms with E-state index in [1.807, 2.05) is 19.9 Å². The Labute approximate surface area is 169 Å². The van der Waals surface area contributed by atoms with E-state index in [0.29, 0.717) is 23.7 Å². The predicted molar refractivity (Wildman–Crippen MR) is 112 cm³/mol. The van der Waals surface area contributed by atoms with Crippen molar-refractivity contribution >= 4 is 27.4 Å². The molecule has 0 saturated heterocycles. The maximum Gasteiger partial charge on any atom is 0.261 e. The van der Waals surface area contributed by atoms with Crippen LogP contribution >= 0.6 is 0 Å². The highest BCUT2D eigenvalue weighted by Crippen LogP contribution is 2.20. The molecule has 0 atom stereocenters. The zero-order valence-electron chi connectivity index (χ0n) is 16.0. The summed E-state index contributed by atoms with van der Waals surface area (Å²) in [5, 5.41) is 2.70. The Morgan fingerprint density at radius 1 is 1.03 bits per heavy atom. The lowest BCUT2D eigenvalue weighted by Crippen LogP contribution is -2.15. The molecule has 0 bridgehead atoms. The molecule has 1 amide bonds. The lowest BCUT2D eigenvalue weighted by Gasteiger charge is -2.11. The predicted octanol–water partition coefficient (Wildman–Crippen LogP) is 3.84. The van der Waals surface area contributed by atoms with Crippen LogP contribution in [-0.2, 0) is 10.0 Å². The van der Waals surface area contributed by atoms with Gasteiger partial charge in [0.15, 0.2) is 0 Å². The number of rotatable bonds is 7. The summed E-state index contributed by atoms with van der Waals surface area (Å²) < 4.78 is 33.1. The van der Waals surface area contributed by atoms with Crippen LogP contribution in [0.2, 0.25) is 0 Å². The zero-order chi connectivity index (χ0) is 20.9. The van der Waals surface area contributed by atoms with Crippen molar-refractivity contribution in [3.8, 4) is 5.75 Å². The molecule has 2 aromatic carbocycles. The van der Waals surface area contributed by atoms with Crippen LogP contribution in [0.25, 0.3) is 0 Å². The van der Waals surface area contributed by atoms with Crippen molar-refractivity contribution in [1.29, 1.82) is 0 Å². The molecule has 0 fully saturated rings. The van der Waals surface area contributed by atoms with Crippen molar-refractivity contribution in [2.75, 3.05) is 16.6 Å². The third kappa shape index (κ3) is 5.32. The first kappa shape index (κ1) is 20.3. The van der Waals surface area contributed by atoms with Gasteiger partial charge >= 0.3 is 0 Å². The number of hydrogen-bond acceptors (Lipinski definition) is 5. The van der Waals surface area contributed by atoms with Crippen molar-refractivity contribution in [2.24, 2.45) is 0 Å². The van der Waals surface area contributed by atoms with Gasteiger partial charge in [-0.2, -0.15) is 0 Å². The minimum absolute atomic E-state index is 0.0970. The van der Waals surface area contributed by atoms with E-state index in [2.05, 4.69) is 15.0 Å². The van der Waals surface area contributed by atoms with Gasteiger partial charge in [0.1, 0.15) is 11.6 Å². The third-order valence-electron chi connectivity index (χ3n) is 3.95. The van der Waals surface area contributed by atoms with Gasteiger partial charge < -0.3 is 10.1 Å². The van der Waals surface area contributed by atoms with Gasteiger partial charge in [-0.1, -0.05) is 12.1 Å². The summed E-state index contributed by atoms with van der Waals surface area (Å²) in [5.74, 6) is 0.635. The number of nitrogens with zero attached hydrogens (tertiary/aromatic N) is 1. The molecule has 1 heterocycles. The van der Waals surface area contributed by atoms with Crippen LogP contribution in [0.4, 0.5) is 11.5 Å². The Hall–Kier alpha value is -3.39. The van der Waals surface area contributed by atoms with Crippen LogP contribution in [0.15, 0.2) is 71.6 Å². The molecule has 29 heavy (non-hydrogen) atoms. The summed E-state index contributed by atoms with van der Waals surface area (Å²) in [7, 11) is -3.80. The number of pyridine rings is 1. The molecule has 3 rings (SSSR count). The highest BCUT2D eigenvalue weighted by molar-refractivity contribution is 7.92. The molecule has 0 aliphatic rings. The topological polar surface area (TPSA) is 97.4 Å². The maximum atomic E-state index is 12.6. The third-order valence-corrected chi connectivity index (χ3v) is 5.35. The van der Waals surface area contributed by atoms with Gasteiger partial charge in [-0.25, -0.2) is 13.4 Å². The van der Waals surface area contributed by atoms with Crippen molar-refractivity contribution in [2.45, 2.75) is 18.7 Å². The van der Waals surface area contributed by atoms with Gasteiger partial charge in [-0.3, -0.25) is 9.52 Å². The van der Waals surface area contributed by atoms with E-state index in [1.165, 1.54) is 18.2 Å². The first-order valence-electron chi connectivity index (χ1n) is 8.98. The van der Waals surface area contributed by atoms with Gasteiger partial charge in [0.05, 0.1) is 11.5 Å². The molecule has 1 aromatic heterocycles. The average Bonchev–Trinajstić information content (AvgIpc) is 2.68. The summed E-state index contributed by atoms with van der Waals surface area (Å²) in [5.41, 5.74) is 1.36. The highest BCUT2D eigenvalue weighted by Gasteiger charge is 2.15. The van der Waals surface area contributed by atoms with Crippen LogP contribution < -0.4 is 14.8 Å². The van der Waals surface area contributed by atoms with Crippen molar-refractivity contribution in [3.63, 3.8) is 0 Å². The van der Waals surface area contributed by atoms with Crippen LogP contribution in [0.3, 0.4) is 0 Å². The van der Waals surface area contributed by atoms with E-state index in [4.69, 9.17) is 4.74 Å². The van der Waals surface area contributed by atoms with Crippen molar-refractivity contribution in [3.05, 3.63) is 78.0 Å². The average molecular weight is 411 g/mol. The number of nitrogens with one attached hydrogen (secondary N) is 2. The molecule has 0 saturated carbocycles. The van der Waals surface area contributed by atoms with Gasteiger partial charge in [-0.05, 0) is 68.4 Å². The number of sulfonamides is 1. The molecule has 7 nitrogen and oxygen atoms in total. The molecule has 150 valence electrons. The fraction of sp³-hybridized carbons (Fsp3) is 0.143. The molecular weight excluding hydrogens is 390 g/mol. The van der Waals surface area contributed by atoms with Crippen LogP contribution in [-0.4, -0.2) is 25.9 Å². The molecule has 2 N–H and O–H groups in total. The zero-order valence-corrected chi connectivity index (χ0v) is 16.9. The molecule has 0 radical (unpaired) electrons. The summed E-state index contributed by atoms with van der Waals surface area (Å²) in [6.07, 6.45) is 0. The fourth-order valence-corrected chi connectivity index (χ4v) is 3.67. The van der Waals surface area contributed by atoms with Gasteiger partial charge in [-0.15, -0.1) is 0 Å². The first-order valence-corrected chi connectivity index (χ1v) is 10.5. The lowest BCUT2D eigenvalue weighted by molar-refractivity contribution is 0.102. The summed E-state index contributed by atoms with van der Waals surface area (Å²) in [6.45, 7) is 4.17. The van der Waals surface area contributed by atoms with Gasteiger partial charge in [0, 0.05) is 16.9 Å². The lowest BCUT2D eigenvalue weighted by atomic mass is 10.2. The number of ether oxygens (including phenoxy) is 1. The second-order valence-electron chi connectivity index (χ2n) is 6.21. The molecule has 3 aromatic rings. The van der Waals surface area contributed by atoms with Crippen LogP contribution in [0, 0.1) is 6.92 Å². The summed E-state index contributed by atoms with van der Waals surface area (Å²) in [4.78, 5) is 16.8.